The van der Waals surface area contributed by atoms with E-state index in [-0.39, 0.29) is 5.75 Å². The highest BCUT2D eigenvalue weighted by atomic mass is 32.1. The van der Waals surface area contributed by atoms with Crippen molar-refractivity contribution in [2.75, 3.05) is 0 Å². The number of halogens is 1. The van der Waals surface area contributed by atoms with Gasteiger partial charge in [-0.3, -0.25) is 20.4 Å². The van der Waals surface area contributed by atoms with Gasteiger partial charge in [-0.1, -0.05) is 12.1 Å². The van der Waals surface area contributed by atoms with Crippen LogP contribution in [0.3, 0.4) is 0 Å². The van der Waals surface area contributed by atoms with Crippen LogP contribution in [0.15, 0.2) is 36.4 Å². The van der Waals surface area contributed by atoms with Gasteiger partial charge < -0.3 is 4.74 Å². The van der Waals surface area contributed by atoms with Crippen LogP contribution in [-0.4, -0.2) is 17.9 Å². The Morgan fingerprint density at radius 3 is 2.55 bits per heavy atom. The molecule has 1 unspecified atom stereocenters. The molecule has 1 heterocycles. The maximum Gasteiger partial charge on any atom is 0.279 e. The monoisotopic (exact) mass is 322 g/mol. The number of para-hydroxylation sites is 1. The number of rotatable bonds is 4. The fourth-order valence-electron chi connectivity index (χ4n) is 1.62. The Balaban J connectivity index is 1.86. The van der Waals surface area contributed by atoms with Crippen molar-refractivity contribution in [2.24, 2.45) is 0 Å². The molecule has 0 spiro atoms. The number of ether oxygens (including phenoxy) is 1. The third-order valence-corrected chi connectivity index (χ3v) is 3.77. The minimum absolute atomic E-state index is 0.0228. The fraction of sp³-hybridized carbons (Fsp3) is 0.200. The molecule has 0 fully saturated rings. The maximum absolute atomic E-state index is 13.4. The van der Waals surface area contributed by atoms with Gasteiger partial charge in [0.2, 0.25) is 0 Å². The first-order valence-corrected chi connectivity index (χ1v) is 7.37. The zero-order valence-electron chi connectivity index (χ0n) is 12.1. The van der Waals surface area contributed by atoms with Crippen LogP contribution >= 0.6 is 11.3 Å². The highest BCUT2D eigenvalue weighted by Crippen LogP contribution is 2.17. The van der Waals surface area contributed by atoms with Crippen molar-refractivity contribution in [1.29, 1.82) is 0 Å². The Morgan fingerprint density at radius 2 is 1.91 bits per heavy atom. The predicted octanol–water partition coefficient (Wildman–Crippen LogP) is 2.42. The Morgan fingerprint density at radius 1 is 1.18 bits per heavy atom. The summed E-state index contributed by atoms with van der Waals surface area (Å²) in [6, 6.07) is 9.26. The third-order valence-electron chi connectivity index (χ3n) is 2.77. The number of amides is 2. The predicted molar refractivity (Wildman–Crippen MR) is 81.2 cm³/mol. The zero-order valence-corrected chi connectivity index (χ0v) is 12.9. The summed E-state index contributed by atoms with van der Waals surface area (Å²) in [5.41, 5.74) is 4.54. The molecule has 0 aliphatic heterocycles. The number of hydrazine groups is 1. The lowest BCUT2D eigenvalue weighted by atomic mass is 10.3. The SMILES string of the molecule is Cc1ccc(C(=O)NNC(=O)C(C)Oc2ccccc2F)s1. The van der Waals surface area contributed by atoms with Gasteiger partial charge in [0.1, 0.15) is 0 Å². The van der Waals surface area contributed by atoms with Crippen LogP contribution in [0.25, 0.3) is 0 Å². The average Bonchev–Trinajstić information content (AvgIpc) is 2.93. The van der Waals surface area contributed by atoms with Gasteiger partial charge in [-0.25, -0.2) is 4.39 Å². The first kappa shape index (κ1) is 16.0. The quantitative estimate of drug-likeness (QED) is 0.850. The summed E-state index contributed by atoms with van der Waals surface area (Å²) in [4.78, 5) is 25.1. The van der Waals surface area contributed by atoms with Crippen LogP contribution in [-0.2, 0) is 4.79 Å². The summed E-state index contributed by atoms with van der Waals surface area (Å²) >= 11 is 1.32. The molecule has 0 aliphatic carbocycles. The molecule has 0 aliphatic rings. The first-order valence-electron chi connectivity index (χ1n) is 6.55. The van der Waals surface area contributed by atoms with Crippen LogP contribution in [0.5, 0.6) is 5.75 Å². The van der Waals surface area contributed by atoms with Crippen molar-refractivity contribution < 1.29 is 18.7 Å². The van der Waals surface area contributed by atoms with Gasteiger partial charge in [0, 0.05) is 4.88 Å². The molecule has 22 heavy (non-hydrogen) atoms. The molecule has 1 aromatic carbocycles. The Bertz CT molecular complexity index is 687. The maximum atomic E-state index is 13.4. The van der Waals surface area contributed by atoms with Crippen molar-refractivity contribution in [3.63, 3.8) is 0 Å². The minimum atomic E-state index is -0.956. The molecule has 0 saturated heterocycles. The van der Waals surface area contributed by atoms with Crippen LogP contribution in [0, 0.1) is 12.7 Å². The second kappa shape index (κ2) is 7.04. The lowest BCUT2D eigenvalue weighted by Gasteiger charge is -2.15. The number of carbonyl (C=O) groups excluding carboxylic acids is 2. The molecule has 1 aromatic heterocycles. The van der Waals surface area contributed by atoms with E-state index < -0.39 is 23.7 Å². The second-order valence-corrected chi connectivity index (χ2v) is 5.83. The lowest BCUT2D eigenvalue weighted by Crippen LogP contribution is -2.47. The van der Waals surface area contributed by atoms with E-state index in [0.717, 1.165) is 4.88 Å². The van der Waals surface area contributed by atoms with E-state index in [1.54, 1.807) is 12.1 Å². The van der Waals surface area contributed by atoms with Crippen molar-refractivity contribution >= 4 is 23.2 Å². The zero-order chi connectivity index (χ0) is 16.1. The molecule has 0 saturated carbocycles. The van der Waals surface area contributed by atoms with Crippen LogP contribution < -0.4 is 15.6 Å². The number of aryl methyl sites for hydroxylation is 1. The molecule has 7 heteroatoms. The van der Waals surface area contributed by atoms with E-state index in [1.807, 2.05) is 13.0 Å². The molecule has 0 bridgehead atoms. The van der Waals surface area contributed by atoms with E-state index in [1.165, 1.54) is 36.5 Å². The Kier molecular flexibility index (Phi) is 5.11. The van der Waals surface area contributed by atoms with Crippen LogP contribution in [0.2, 0.25) is 0 Å². The number of hydrogen-bond acceptors (Lipinski definition) is 4. The van der Waals surface area contributed by atoms with Crippen LogP contribution in [0.4, 0.5) is 4.39 Å². The minimum Gasteiger partial charge on any atom is -0.478 e. The number of benzene rings is 1. The van der Waals surface area contributed by atoms with Crippen molar-refractivity contribution in [3.8, 4) is 5.75 Å². The van der Waals surface area contributed by atoms with Gasteiger partial charge in [-0.05, 0) is 38.1 Å². The van der Waals surface area contributed by atoms with Crippen LogP contribution in [0.1, 0.15) is 21.5 Å². The molecule has 2 rings (SSSR count). The summed E-state index contributed by atoms with van der Waals surface area (Å²) in [6.07, 6.45) is -0.956. The Labute approximate surface area is 131 Å². The summed E-state index contributed by atoms with van der Waals surface area (Å²) in [6.45, 7) is 3.34. The number of thiophene rings is 1. The number of hydrogen-bond donors (Lipinski definition) is 2. The molecule has 2 amide bonds. The van der Waals surface area contributed by atoms with Gasteiger partial charge >= 0.3 is 0 Å². The van der Waals surface area contributed by atoms with Gasteiger partial charge in [0.05, 0.1) is 4.88 Å². The largest absolute Gasteiger partial charge is 0.478 e. The van der Waals surface area contributed by atoms with E-state index in [0.29, 0.717) is 4.88 Å². The summed E-state index contributed by atoms with van der Waals surface area (Å²) in [5, 5.41) is 0. The van der Waals surface area contributed by atoms with E-state index >= 15 is 0 Å². The van der Waals surface area contributed by atoms with Gasteiger partial charge in [-0.15, -0.1) is 11.3 Å². The fourth-order valence-corrected chi connectivity index (χ4v) is 2.39. The molecule has 2 aromatic rings. The first-order chi connectivity index (χ1) is 10.5. The molecule has 0 radical (unpaired) electrons. The summed E-state index contributed by atoms with van der Waals surface area (Å²) in [7, 11) is 0. The van der Waals surface area contributed by atoms with Gasteiger partial charge in [0.25, 0.3) is 11.8 Å². The molecule has 2 N–H and O–H groups in total. The molecule has 116 valence electrons. The standard InChI is InChI=1S/C15H15FN2O3S/c1-9-7-8-13(22-9)15(20)18-17-14(19)10(2)21-12-6-4-3-5-11(12)16/h3-8,10H,1-2H3,(H,17,19)(H,18,20). The third kappa shape index (κ3) is 4.05. The Hall–Kier alpha value is -2.41. The average molecular weight is 322 g/mol. The van der Waals surface area contributed by atoms with Gasteiger partial charge in [0.15, 0.2) is 17.7 Å². The normalized spacial score (nSPS) is 11.6. The highest BCUT2D eigenvalue weighted by Gasteiger charge is 2.17. The van der Waals surface area contributed by atoms with Gasteiger partial charge in [-0.2, -0.15) is 0 Å². The molecule has 5 nitrogen and oxygen atoms in total. The second-order valence-electron chi connectivity index (χ2n) is 4.54. The van der Waals surface area contributed by atoms with E-state index in [2.05, 4.69) is 10.9 Å². The van der Waals surface area contributed by atoms with E-state index in [4.69, 9.17) is 4.74 Å². The molecule has 1 atom stereocenters. The lowest BCUT2D eigenvalue weighted by molar-refractivity contribution is -0.128. The topological polar surface area (TPSA) is 67.4 Å². The molecular formula is C15H15FN2O3S. The summed E-state index contributed by atoms with van der Waals surface area (Å²) in [5.74, 6) is -1.57. The van der Waals surface area contributed by atoms with Crippen molar-refractivity contribution in [2.45, 2.75) is 20.0 Å². The number of nitrogens with one attached hydrogen (secondary N) is 2. The van der Waals surface area contributed by atoms with E-state index in [9.17, 15) is 14.0 Å². The van der Waals surface area contributed by atoms with Crippen molar-refractivity contribution in [3.05, 3.63) is 52.0 Å². The smallest absolute Gasteiger partial charge is 0.279 e. The highest BCUT2D eigenvalue weighted by molar-refractivity contribution is 7.13. The molecular weight excluding hydrogens is 307 g/mol. The summed E-state index contributed by atoms with van der Waals surface area (Å²) < 4.78 is 18.6. The number of carbonyl (C=O) groups is 2. The van der Waals surface area contributed by atoms with Crippen molar-refractivity contribution in [1.82, 2.24) is 10.9 Å².